The lowest BCUT2D eigenvalue weighted by Gasteiger charge is -2.02. The van der Waals surface area contributed by atoms with Gasteiger partial charge in [-0.25, -0.2) is 4.98 Å². The van der Waals surface area contributed by atoms with Crippen LogP contribution in [0.4, 0.5) is 5.13 Å². The van der Waals surface area contributed by atoms with Crippen LogP contribution in [0.2, 0.25) is 0 Å². The third-order valence-corrected chi connectivity index (χ3v) is 6.14. The summed E-state index contributed by atoms with van der Waals surface area (Å²) in [6, 6.07) is 3.78. The number of rotatable bonds is 6. The number of nitrogens with zero attached hydrogens (tertiary/aromatic N) is 5. The Morgan fingerprint density at radius 1 is 1.16 bits per heavy atom. The Hall–Kier alpha value is -1.91. The predicted molar refractivity (Wildman–Crippen MR) is 101 cm³/mol. The van der Waals surface area contributed by atoms with Crippen molar-refractivity contribution in [3.63, 3.8) is 0 Å². The average Bonchev–Trinajstić information content (AvgIpc) is 3.19. The second-order valence-electron chi connectivity index (χ2n) is 5.10. The molecule has 1 N–H and O–H groups in total. The van der Waals surface area contributed by atoms with Gasteiger partial charge in [-0.05, 0) is 32.4 Å². The number of carbonyl (C=O) groups is 1. The van der Waals surface area contributed by atoms with Crippen LogP contribution in [0.5, 0.6) is 0 Å². The summed E-state index contributed by atoms with van der Waals surface area (Å²) in [5.41, 5.74) is 1.76. The van der Waals surface area contributed by atoms with Crippen LogP contribution in [0.3, 0.4) is 0 Å². The molecular formula is C15H16N6OS3. The Bertz CT molecular complexity index is 874. The molecule has 0 bridgehead atoms. The lowest BCUT2D eigenvalue weighted by molar-refractivity contribution is -0.113. The van der Waals surface area contributed by atoms with E-state index in [2.05, 4.69) is 30.7 Å². The van der Waals surface area contributed by atoms with Crippen molar-refractivity contribution in [3.8, 4) is 10.6 Å². The Balaban J connectivity index is 1.56. The smallest absolute Gasteiger partial charge is 0.236 e. The molecule has 10 heteroatoms. The molecule has 0 radical (unpaired) electrons. The van der Waals surface area contributed by atoms with E-state index in [0.717, 1.165) is 32.7 Å². The maximum absolute atomic E-state index is 12.0. The SMILES string of the molecule is CCc1nnc(NC(=O)CSc2ccc(-c3sc(C)nc3C)nn2)s1. The Morgan fingerprint density at radius 3 is 2.60 bits per heavy atom. The number of thiazole rings is 1. The average molecular weight is 393 g/mol. The van der Waals surface area contributed by atoms with E-state index >= 15 is 0 Å². The maximum Gasteiger partial charge on any atom is 0.236 e. The number of hydrogen-bond acceptors (Lipinski definition) is 9. The molecule has 0 aromatic carbocycles. The normalized spacial score (nSPS) is 10.8. The lowest BCUT2D eigenvalue weighted by Crippen LogP contribution is -2.14. The number of aromatic nitrogens is 5. The molecule has 0 aliphatic heterocycles. The van der Waals surface area contributed by atoms with E-state index in [-0.39, 0.29) is 11.7 Å². The quantitative estimate of drug-likeness (QED) is 0.643. The molecule has 1 amide bonds. The van der Waals surface area contributed by atoms with Crippen LogP contribution in [0.25, 0.3) is 10.6 Å². The number of carbonyl (C=O) groups excluding carboxylic acids is 1. The summed E-state index contributed by atoms with van der Waals surface area (Å²) >= 11 is 4.32. The molecule has 130 valence electrons. The molecular weight excluding hydrogens is 376 g/mol. The standard InChI is InChI=1S/C15H16N6OS3/c1-4-12-19-21-15(25-12)17-11(22)7-23-13-6-5-10(18-20-13)14-8(2)16-9(3)24-14/h5-6H,4,7H2,1-3H3,(H,17,21,22). The van der Waals surface area contributed by atoms with Crippen molar-refractivity contribution in [2.45, 2.75) is 32.2 Å². The summed E-state index contributed by atoms with van der Waals surface area (Å²) in [4.78, 5) is 17.4. The van der Waals surface area contributed by atoms with Gasteiger partial charge in [-0.1, -0.05) is 30.0 Å². The van der Waals surface area contributed by atoms with Crippen molar-refractivity contribution < 1.29 is 4.79 Å². The first kappa shape index (κ1) is 17.9. The van der Waals surface area contributed by atoms with Gasteiger partial charge in [-0.15, -0.1) is 31.7 Å². The van der Waals surface area contributed by atoms with Gasteiger partial charge in [0.25, 0.3) is 0 Å². The zero-order chi connectivity index (χ0) is 17.8. The van der Waals surface area contributed by atoms with E-state index in [0.29, 0.717) is 10.2 Å². The van der Waals surface area contributed by atoms with Crippen molar-refractivity contribution >= 4 is 45.5 Å². The first-order valence-corrected chi connectivity index (χ1v) is 10.2. The number of nitrogens with one attached hydrogen (secondary N) is 1. The van der Waals surface area contributed by atoms with Crippen LogP contribution < -0.4 is 5.32 Å². The summed E-state index contributed by atoms with van der Waals surface area (Å²) in [5, 5.41) is 22.2. The van der Waals surface area contributed by atoms with E-state index in [1.165, 1.54) is 23.1 Å². The summed E-state index contributed by atoms with van der Waals surface area (Å²) in [7, 11) is 0. The molecule has 25 heavy (non-hydrogen) atoms. The summed E-state index contributed by atoms with van der Waals surface area (Å²) in [5.74, 6) is 0.108. The van der Waals surface area contributed by atoms with Gasteiger partial charge in [0, 0.05) is 0 Å². The van der Waals surface area contributed by atoms with E-state index in [4.69, 9.17) is 0 Å². The predicted octanol–water partition coefficient (Wildman–Crippen LogP) is 3.36. The summed E-state index contributed by atoms with van der Waals surface area (Å²) in [6.45, 7) is 5.93. The van der Waals surface area contributed by atoms with Crippen LogP contribution in [0.1, 0.15) is 22.6 Å². The summed E-state index contributed by atoms with van der Waals surface area (Å²) in [6.07, 6.45) is 0.809. The minimum Gasteiger partial charge on any atom is -0.300 e. The van der Waals surface area contributed by atoms with Gasteiger partial charge in [0.15, 0.2) is 0 Å². The first-order chi connectivity index (χ1) is 12.0. The fraction of sp³-hybridized carbons (Fsp3) is 0.333. The van der Waals surface area contributed by atoms with Gasteiger partial charge in [0.1, 0.15) is 15.7 Å². The third kappa shape index (κ3) is 4.59. The molecule has 0 aliphatic rings. The number of hydrogen-bond donors (Lipinski definition) is 1. The van der Waals surface area contributed by atoms with Crippen molar-refractivity contribution in [1.82, 2.24) is 25.4 Å². The van der Waals surface area contributed by atoms with Crippen molar-refractivity contribution in [1.29, 1.82) is 0 Å². The highest BCUT2D eigenvalue weighted by Crippen LogP contribution is 2.28. The number of amides is 1. The number of thioether (sulfide) groups is 1. The monoisotopic (exact) mass is 392 g/mol. The molecule has 0 saturated heterocycles. The van der Waals surface area contributed by atoms with Gasteiger partial charge in [0.2, 0.25) is 11.0 Å². The second kappa shape index (κ2) is 7.98. The van der Waals surface area contributed by atoms with Crippen molar-refractivity contribution in [3.05, 3.63) is 27.8 Å². The minimum absolute atomic E-state index is 0.136. The van der Waals surface area contributed by atoms with Crippen molar-refractivity contribution in [2.75, 3.05) is 11.1 Å². The highest BCUT2D eigenvalue weighted by Gasteiger charge is 2.11. The zero-order valence-corrected chi connectivity index (χ0v) is 16.4. The number of anilines is 1. The van der Waals surface area contributed by atoms with Crippen LogP contribution in [-0.2, 0) is 11.2 Å². The summed E-state index contributed by atoms with van der Waals surface area (Å²) < 4.78 is 0. The highest BCUT2D eigenvalue weighted by molar-refractivity contribution is 7.99. The maximum atomic E-state index is 12.0. The fourth-order valence-electron chi connectivity index (χ4n) is 2.03. The molecule has 0 fully saturated rings. The van der Waals surface area contributed by atoms with Gasteiger partial charge in [0.05, 0.1) is 21.3 Å². The topological polar surface area (TPSA) is 93.6 Å². The molecule has 0 unspecified atom stereocenters. The van der Waals surface area contributed by atoms with Crippen LogP contribution >= 0.6 is 34.4 Å². The van der Waals surface area contributed by atoms with E-state index < -0.39 is 0 Å². The van der Waals surface area contributed by atoms with Gasteiger partial charge >= 0.3 is 0 Å². The van der Waals surface area contributed by atoms with Crippen LogP contribution in [0.15, 0.2) is 17.2 Å². The Labute approximate surface area is 157 Å². The molecule has 3 aromatic heterocycles. The third-order valence-electron chi connectivity index (χ3n) is 3.14. The molecule has 3 heterocycles. The molecule has 0 atom stereocenters. The second-order valence-corrected chi connectivity index (χ2v) is 8.36. The molecule has 0 spiro atoms. The zero-order valence-electron chi connectivity index (χ0n) is 13.9. The van der Waals surface area contributed by atoms with E-state index in [9.17, 15) is 4.79 Å². The van der Waals surface area contributed by atoms with Gasteiger partial charge in [-0.2, -0.15) is 0 Å². The largest absolute Gasteiger partial charge is 0.300 e. The number of aryl methyl sites for hydroxylation is 3. The van der Waals surface area contributed by atoms with E-state index in [1.807, 2.05) is 32.9 Å². The van der Waals surface area contributed by atoms with E-state index in [1.54, 1.807) is 11.3 Å². The van der Waals surface area contributed by atoms with Crippen LogP contribution in [-0.4, -0.2) is 37.0 Å². The van der Waals surface area contributed by atoms with Gasteiger partial charge < -0.3 is 0 Å². The molecule has 3 rings (SSSR count). The van der Waals surface area contributed by atoms with Crippen LogP contribution in [0, 0.1) is 13.8 Å². The molecule has 0 aliphatic carbocycles. The molecule has 3 aromatic rings. The van der Waals surface area contributed by atoms with Gasteiger partial charge in [-0.3, -0.25) is 10.1 Å². The first-order valence-electron chi connectivity index (χ1n) is 7.58. The Kier molecular flexibility index (Phi) is 5.71. The molecule has 7 nitrogen and oxygen atoms in total. The fourth-order valence-corrected chi connectivity index (χ4v) is 4.22. The highest BCUT2D eigenvalue weighted by atomic mass is 32.2. The molecule has 0 saturated carbocycles. The minimum atomic E-state index is -0.136. The van der Waals surface area contributed by atoms with Crippen molar-refractivity contribution in [2.24, 2.45) is 0 Å². The lowest BCUT2D eigenvalue weighted by atomic mass is 10.3. The Morgan fingerprint density at radius 2 is 2.00 bits per heavy atom.